The highest BCUT2D eigenvalue weighted by molar-refractivity contribution is 9.10. The maximum Gasteiger partial charge on any atom is 0.0332 e. The Morgan fingerprint density at radius 1 is 0.613 bits per heavy atom. The van der Waals surface area contributed by atoms with Gasteiger partial charge in [0.1, 0.15) is 0 Å². The molecule has 168 valence electrons. The number of halogens is 1. The predicted molar refractivity (Wildman–Crippen MR) is 143 cm³/mol. The van der Waals surface area contributed by atoms with Crippen molar-refractivity contribution >= 4 is 37.5 Å². The van der Waals surface area contributed by atoms with Crippen LogP contribution in [0.2, 0.25) is 0 Å². The van der Waals surface area contributed by atoms with E-state index in [1.165, 1.54) is 6.07 Å². The van der Waals surface area contributed by atoms with Crippen molar-refractivity contribution in [3.05, 3.63) is 58.1 Å². The highest BCUT2D eigenvalue weighted by atomic mass is 79.9. The minimum Gasteiger partial charge on any atom is -0.0654 e. The first kappa shape index (κ1) is 6.01. The zero-order valence-corrected chi connectivity index (χ0v) is 17.7. The molecule has 0 fully saturated rings. The number of rotatable bonds is 14. The van der Waals surface area contributed by atoms with Crippen LogP contribution in [0.4, 0.5) is 0 Å². The van der Waals surface area contributed by atoms with Crippen molar-refractivity contribution in [2.24, 2.45) is 0 Å². The van der Waals surface area contributed by atoms with Crippen LogP contribution < -0.4 is 0 Å². The molecule has 0 saturated carbocycles. The summed E-state index contributed by atoms with van der Waals surface area (Å²) in [5, 5.41) is 0.349. The minimum absolute atomic E-state index is 0.0367. The highest BCUT2D eigenvalue weighted by Gasteiger charge is 2.08. The van der Waals surface area contributed by atoms with Crippen LogP contribution in [0.15, 0.2) is 46.9 Å². The minimum atomic E-state index is -4.40. The first-order chi connectivity index (χ1) is 27.5. The van der Waals surface area contributed by atoms with Gasteiger partial charge in [0.05, 0.1) is 0 Å². The maximum atomic E-state index is 8.74. The van der Waals surface area contributed by atoms with E-state index in [0.717, 1.165) is 36.4 Å². The molecule has 0 unspecified atom stereocenters. The summed E-state index contributed by atoms with van der Waals surface area (Å²) in [7, 11) is 0. The van der Waals surface area contributed by atoms with Crippen molar-refractivity contribution in [3.63, 3.8) is 0 Å². The lowest BCUT2D eigenvalue weighted by molar-refractivity contribution is 0.607. The van der Waals surface area contributed by atoms with Gasteiger partial charge in [0.15, 0.2) is 0 Å². The van der Waals surface area contributed by atoms with E-state index < -0.39 is 114 Å². The number of fused-ring (bicyclic) bond motifs is 2. The molecule has 1 heteroatoms. The van der Waals surface area contributed by atoms with Crippen LogP contribution in [0, 0.1) is 0 Å². The summed E-state index contributed by atoms with van der Waals surface area (Å²) in [6.07, 6.45) is -57.5. The van der Waals surface area contributed by atoms with E-state index in [-0.39, 0.29) is 26.0 Å². The van der Waals surface area contributed by atoms with Gasteiger partial charge < -0.3 is 0 Å². The molecule has 0 atom stereocenters. The van der Waals surface area contributed by atoms with Gasteiger partial charge in [0.25, 0.3) is 0 Å². The fourth-order valence-electron chi connectivity index (χ4n) is 2.69. The second-order valence-corrected chi connectivity index (χ2v) is 6.64. The molecule has 0 aliphatic rings. The molecule has 0 saturated heterocycles. The molecule has 0 nitrogen and oxygen atoms in total. The van der Waals surface area contributed by atoms with Crippen LogP contribution in [0.5, 0.6) is 0 Å². The molecule has 0 heterocycles. The second kappa shape index (κ2) is 13.3. The van der Waals surface area contributed by atoms with E-state index in [0.29, 0.717) is 0 Å². The van der Waals surface area contributed by atoms with Gasteiger partial charge in [-0.2, -0.15) is 0 Å². The third kappa shape index (κ3) is 7.35. The van der Waals surface area contributed by atoms with Gasteiger partial charge in [-0.3, -0.25) is 0 Å². The van der Waals surface area contributed by atoms with Gasteiger partial charge in [-0.1, -0.05) is 114 Å². The summed E-state index contributed by atoms with van der Waals surface area (Å²) < 4.78 is 262. The Hall–Kier alpha value is -1.34. The summed E-state index contributed by atoms with van der Waals surface area (Å²) in [4.78, 5) is 0. The molecule has 3 aromatic rings. The Labute approximate surface area is 243 Å². The Morgan fingerprint density at radius 2 is 1.19 bits per heavy atom. The normalized spacial score (nSPS) is 33.5. The van der Waals surface area contributed by atoms with Crippen LogP contribution in [-0.4, -0.2) is 0 Å². The Bertz CT molecular complexity index is 2200. The maximum absolute atomic E-state index is 8.74. The molecule has 0 spiro atoms. The fourth-order valence-corrected chi connectivity index (χ4v) is 3.39. The molecular formula is C30H41Br. The van der Waals surface area contributed by atoms with Crippen molar-refractivity contribution in [1.29, 1.82) is 0 Å². The molecule has 0 bridgehead atoms. The zero-order chi connectivity index (χ0) is 50.1. The fraction of sp³-hybridized carbons (Fsp3) is 0.533. The number of hydrogen-bond acceptors (Lipinski definition) is 0. The smallest absolute Gasteiger partial charge is 0.0332 e. The van der Waals surface area contributed by atoms with Gasteiger partial charge in [0, 0.05) is 48.3 Å². The molecule has 0 aromatic heterocycles. The number of benzene rings is 3. The molecule has 3 aromatic carbocycles. The van der Waals surface area contributed by atoms with Crippen molar-refractivity contribution in [2.45, 2.75) is 103 Å². The number of aryl methyl sites for hydroxylation is 2. The quantitative estimate of drug-likeness (QED) is 0.188. The number of hydrogen-bond donors (Lipinski definition) is 0. The van der Waals surface area contributed by atoms with E-state index >= 15 is 0 Å². The monoisotopic (exact) mass is 512 g/mol. The molecule has 0 N–H and O–H groups in total. The van der Waals surface area contributed by atoms with Crippen molar-refractivity contribution < 1.29 is 43.9 Å². The molecule has 0 radical (unpaired) electrons. The third-order valence-corrected chi connectivity index (χ3v) is 4.80. The largest absolute Gasteiger partial charge is 0.0654 e. The van der Waals surface area contributed by atoms with E-state index in [2.05, 4.69) is 15.9 Å². The molecular weight excluding hydrogens is 440 g/mol. The highest BCUT2D eigenvalue weighted by Crippen LogP contribution is 2.34. The lowest BCUT2D eigenvalue weighted by Crippen LogP contribution is -1.90. The summed E-state index contributed by atoms with van der Waals surface area (Å²) in [6.45, 7) is -5.53. The molecule has 0 amide bonds. The standard InChI is InChI=1S/C30H41Br/c1-3-5-7-9-11-13-15-24-18-20-28-27(21-24)23-26-19-17-25(22-29(26)30(28)31)16-14-12-10-8-6-4-2/h17-23H,3-16H2,1-2H3/i1D2,2D2,3D2,4D2,5D2,6D2,7D2,8D2,9D2,10D2,11D2,12D2,13D2,14D2,15D2,16D2. The zero-order valence-electron chi connectivity index (χ0n) is 48.1. The third-order valence-electron chi connectivity index (χ3n) is 3.95. The van der Waals surface area contributed by atoms with Gasteiger partial charge in [-0.25, -0.2) is 0 Å². The lowest BCUT2D eigenvalue weighted by Gasteiger charge is -2.11. The Morgan fingerprint density at radius 3 is 1.87 bits per heavy atom. The molecule has 3 rings (SSSR count). The van der Waals surface area contributed by atoms with E-state index in [9.17, 15) is 0 Å². The molecule has 0 aliphatic heterocycles. The Kier molecular flexibility index (Phi) is 2.57. The van der Waals surface area contributed by atoms with E-state index in [1.807, 2.05) is 0 Å². The average molecular weight is 514 g/mol. The summed E-state index contributed by atoms with van der Waals surface area (Å²) >= 11 is 3.30. The van der Waals surface area contributed by atoms with Crippen molar-refractivity contribution in [2.75, 3.05) is 0 Å². The summed E-state index contributed by atoms with van der Waals surface area (Å²) in [5.41, 5.74) is -1.37. The second-order valence-electron chi connectivity index (χ2n) is 5.85. The van der Waals surface area contributed by atoms with Crippen molar-refractivity contribution in [1.82, 2.24) is 0 Å². The first-order valence-electron chi connectivity index (χ1n) is 25.1. The van der Waals surface area contributed by atoms with E-state index in [1.54, 1.807) is 0 Å². The van der Waals surface area contributed by atoms with Crippen LogP contribution in [0.1, 0.15) is 145 Å². The van der Waals surface area contributed by atoms with E-state index in [4.69, 9.17) is 43.9 Å². The lowest BCUT2D eigenvalue weighted by atomic mass is 9.97. The SMILES string of the molecule is [2H]C([2H])C([2H])([2H])C([2H])([2H])C([2H])([2H])C([2H])([2H])C([2H])([2H])C([2H])([2H])C([2H])([2H])c1ccc2c(Br)c3cc(C([2H])([2H])C([2H])([2H])C([2H])([2H])C([2H])([2H])C([2H])([2H])C([2H])([2H])C([2H])([2H])C([2H])[2H])ccc3cc2c1. The summed E-state index contributed by atoms with van der Waals surface area (Å²) in [5.74, 6) is 0. The van der Waals surface area contributed by atoms with Crippen molar-refractivity contribution in [3.8, 4) is 0 Å². The molecule has 31 heavy (non-hydrogen) atoms. The first-order valence-corrected chi connectivity index (χ1v) is 9.61. The topological polar surface area (TPSA) is 0 Å². The van der Waals surface area contributed by atoms with Crippen LogP contribution in [0.3, 0.4) is 0 Å². The van der Waals surface area contributed by atoms with Gasteiger partial charge in [-0.15, -0.1) is 0 Å². The summed E-state index contributed by atoms with van der Waals surface area (Å²) in [6, 6.07) is 7.39. The Balaban J connectivity index is 2.19. The van der Waals surface area contributed by atoms with Crippen LogP contribution in [-0.2, 0) is 12.7 Å². The molecule has 0 aliphatic carbocycles. The van der Waals surface area contributed by atoms with Gasteiger partial charge >= 0.3 is 0 Å². The van der Waals surface area contributed by atoms with Gasteiger partial charge in [-0.05, 0) is 80.2 Å². The van der Waals surface area contributed by atoms with Crippen LogP contribution in [0.25, 0.3) is 21.5 Å². The predicted octanol–water partition coefficient (Wildman–Crippen LogP) is 10.6. The van der Waals surface area contributed by atoms with Crippen LogP contribution >= 0.6 is 15.9 Å². The van der Waals surface area contributed by atoms with Gasteiger partial charge in [0.2, 0.25) is 0 Å². The average Bonchev–Trinajstić information content (AvgIpc) is 3.13.